The van der Waals surface area contributed by atoms with E-state index in [0.717, 1.165) is 109 Å². The molecule has 80 heavy (non-hydrogen) atoms. The highest BCUT2D eigenvalue weighted by molar-refractivity contribution is 5.71. The largest absolute Gasteiger partial charge is 0.462 e. The number of allylic oxidation sites excluding steroid dienone is 10. The van der Waals surface area contributed by atoms with E-state index in [0.29, 0.717) is 19.3 Å². The van der Waals surface area contributed by atoms with Crippen LogP contribution in [0, 0.1) is 0 Å². The fraction of sp³-hybridized carbons (Fsp3) is 0.824. The third kappa shape index (κ3) is 65.9. The lowest BCUT2D eigenvalue weighted by Crippen LogP contribution is -2.30. The first-order valence-electron chi connectivity index (χ1n) is 35.3. The Balaban J connectivity index is 4.05. The molecule has 0 radical (unpaired) electrons. The zero-order chi connectivity index (χ0) is 57.8. The van der Waals surface area contributed by atoms with Crippen molar-refractivity contribution in [3.05, 3.63) is 60.8 Å². The lowest BCUT2D eigenvalue weighted by Gasteiger charge is -2.18. The minimum Gasteiger partial charge on any atom is -0.462 e. The molecule has 0 amide bonds. The number of unbranched alkanes of at least 4 members (excludes halogenated alkanes) is 44. The van der Waals surface area contributed by atoms with Gasteiger partial charge in [0.05, 0.1) is 0 Å². The van der Waals surface area contributed by atoms with E-state index in [1.165, 1.54) is 225 Å². The number of esters is 3. The third-order valence-electron chi connectivity index (χ3n) is 15.7. The first-order valence-corrected chi connectivity index (χ1v) is 35.3. The molecule has 6 heteroatoms. The summed E-state index contributed by atoms with van der Waals surface area (Å²) in [5.74, 6) is -0.893. The maximum atomic E-state index is 12.9. The van der Waals surface area contributed by atoms with E-state index >= 15 is 0 Å². The number of carbonyl (C=O) groups excluding carboxylic acids is 3. The molecule has 0 aromatic heterocycles. The summed E-state index contributed by atoms with van der Waals surface area (Å²) in [6.07, 6.45) is 88.5. The van der Waals surface area contributed by atoms with Gasteiger partial charge in [-0.2, -0.15) is 0 Å². The second-order valence-corrected chi connectivity index (χ2v) is 23.8. The molecule has 0 aromatic carbocycles. The minimum atomic E-state index is -0.786. The van der Waals surface area contributed by atoms with Crippen molar-refractivity contribution in [2.45, 2.75) is 380 Å². The molecule has 0 aliphatic carbocycles. The molecule has 0 aromatic rings. The minimum absolute atomic E-state index is 0.0814. The summed E-state index contributed by atoms with van der Waals surface area (Å²) in [6.45, 7) is 6.55. The normalized spacial score (nSPS) is 12.4. The molecule has 6 nitrogen and oxygen atoms in total. The SMILES string of the molecule is CCC/C=C\C/C=C\CCCCCCCC(=O)OCC(COC(=O)CCCCCCCCCCCCCCCCCCCCCCCCC/C=C\CCCCCCCCCC)OC(=O)CCCCCCC/C=C\C/C=C\CCCC. The van der Waals surface area contributed by atoms with Crippen molar-refractivity contribution in [3.63, 3.8) is 0 Å². The van der Waals surface area contributed by atoms with Gasteiger partial charge >= 0.3 is 17.9 Å². The number of rotatable bonds is 65. The highest BCUT2D eigenvalue weighted by Gasteiger charge is 2.19. The second-order valence-electron chi connectivity index (χ2n) is 23.8. The summed E-state index contributed by atoms with van der Waals surface area (Å²) in [6, 6.07) is 0. The number of carbonyl (C=O) groups is 3. The van der Waals surface area contributed by atoms with Gasteiger partial charge in [0.2, 0.25) is 0 Å². The first-order chi connectivity index (χ1) is 39.5. The van der Waals surface area contributed by atoms with Crippen LogP contribution in [0.2, 0.25) is 0 Å². The van der Waals surface area contributed by atoms with E-state index in [1.54, 1.807) is 0 Å². The smallest absolute Gasteiger partial charge is 0.306 e. The Morgan fingerprint density at radius 1 is 0.250 bits per heavy atom. The van der Waals surface area contributed by atoms with Crippen molar-refractivity contribution < 1.29 is 28.6 Å². The van der Waals surface area contributed by atoms with Gasteiger partial charge in [-0.05, 0) is 96.3 Å². The maximum Gasteiger partial charge on any atom is 0.306 e. The van der Waals surface area contributed by atoms with Crippen LogP contribution in [0.3, 0.4) is 0 Å². The molecule has 0 N–H and O–H groups in total. The molecule has 0 bridgehead atoms. The molecule has 0 fully saturated rings. The van der Waals surface area contributed by atoms with Crippen molar-refractivity contribution >= 4 is 17.9 Å². The summed E-state index contributed by atoms with van der Waals surface area (Å²) in [7, 11) is 0. The van der Waals surface area contributed by atoms with Gasteiger partial charge < -0.3 is 14.2 Å². The van der Waals surface area contributed by atoms with Crippen LogP contribution in [0.5, 0.6) is 0 Å². The van der Waals surface area contributed by atoms with Crippen LogP contribution in [0.15, 0.2) is 60.8 Å². The summed E-state index contributed by atoms with van der Waals surface area (Å²) in [5, 5.41) is 0. The third-order valence-corrected chi connectivity index (χ3v) is 15.7. The number of hydrogen-bond acceptors (Lipinski definition) is 6. The first kappa shape index (κ1) is 77.1. The number of ether oxygens (including phenoxy) is 3. The topological polar surface area (TPSA) is 78.9 Å². The van der Waals surface area contributed by atoms with Crippen molar-refractivity contribution in [2.24, 2.45) is 0 Å². The molecule has 0 aliphatic rings. The number of hydrogen-bond donors (Lipinski definition) is 0. The molecule has 0 heterocycles. The molecule has 466 valence electrons. The van der Waals surface area contributed by atoms with Crippen LogP contribution >= 0.6 is 0 Å². The van der Waals surface area contributed by atoms with E-state index < -0.39 is 6.10 Å². The monoisotopic (exact) mass is 1120 g/mol. The molecule has 1 atom stereocenters. The predicted octanol–water partition coefficient (Wildman–Crippen LogP) is 24.3. The van der Waals surface area contributed by atoms with E-state index in [-0.39, 0.29) is 31.1 Å². The lowest BCUT2D eigenvalue weighted by atomic mass is 10.0. The van der Waals surface area contributed by atoms with Crippen molar-refractivity contribution in [2.75, 3.05) is 13.2 Å². The lowest BCUT2D eigenvalue weighted by molar-refractivity contribution is -0.167. The average molecular weight is 1120 g/mol. The quantitative estimate of drug-likeness (QED) is 0.0261. The summed E-state index contributed by atoms with van der Waals surface area (Å²) < 4.78 is 16.9. The Kier molecular flexibility index (Phi) is 66.1. The van der Waals surface area contributed by atoms with E-state index in [1.807, 2.05) is 0 Å². The summed E-state index contributed by atoms with van der Waals surface area (Å²) >= 11 is 0. The molecular formula is C74H134O6. The van der Waals surface area contributed by atoms with Gasteiger partial charge in [-0.25, -0.2) is 0 Å². The van der Waals surface area contributed by atoms with Crippen LogP contribution in [0.25, 0.3) is 0 Å². The maximum absolute atomic E-state index is 12.9. The molecule has 0 aliphatic heterocycles. The van der Waals surface area contributed by atoms with Gasteiger partial charge in [0.1, 0.15) is 13.2 Å². The van der Waals surface area contributed by atoms with Gasteiger partial charge in [-0.1, -0.05) is 319 Å². The zero-order valence-electron chi connectivity index (χ0n) is 53.6. The molecule has 0 rings (SSSR count). The predicted molar refractivity (Wildman–Crippen MR) is 348 cm³/mol. The van der Waals surface area contributed by atoms with Gasteiger partial charge in [-0.3, -0.25) is 14.4 Å². The van der Waals surface area contributed by atoms with E-state index in [4.69, 9.17) is 14.2 Å². The van der Waals surface area contributed by atoms with E-state index in [9.17, 15) is 14.4 Å². The van der Waals surface area contributed by atoms with Crippen molar-refractivity contribution in [1.29, 1.82) is 0 Å². The second kappa shape index (κ2) is 68.6. The van der Waals surface area contributed by atoms with Crippen LogP contribution in [0.1, 0.15) is 374 Å². The van der Waals surface area contributed by atoms with Gasteiger partial charge in [0.15, 0.2) is 6.10 Å². The van der Waals surface area contributed by atoms with E-state index in [2.05, 4.69) is 81.5 Å². The highest BCUT2D eigenvalue weighted by Crippen LogP contribution is 2.18. The zero-order valence-corrected chi connectivity index (χ0v) is 53.6. The Hall–Kier alpha value is -2.89. The average Bonchev–Trinajstić information content (AvgIpc) is 3.46. The molecular weight excluding hydrogens is 985 g/mol. The Labute approximate surface area is 498 Å². The van der Waals surface area contributed by atoms with Crippen molar-refractivity contribution in [3.8, 4) is 0 Å². The fourth-order valence-corrected chi connectivity index (χ4v) is 10.4. The molecule has 1 unspecified atom stereocenters. The Morgan fingerprint density at radius 2 is 0.487 bits per heavy atom. The standard InChI is InChI=1S/C74H134O6/c1-4-7-10-13-16-19-22-25-27-28-29-30-31-32-33-34-35-36-37-38-39-40-41-42-43-44-45-46-47-50-52-55-58-61-64-67-73(76)79-70-71(69-78-72(75)66-63-60-57-54-51-48-24-21-18-15-12-9-6-3)80-74(77)68-65-62-59-56-53-49-26-23-20-17-14-11-8-5-2/h12,14-15,17,21,23-24,26,28-29,71H,4-11,13,16,18-20,22,25,27,30-70H2,1-3H3/b15-12-,17-14-,24-21-,26-23-,29-28-. The van der Waals surface area contributed by atoms with Crippen LogP contribution < -0.4 is 0 Å². The highest BCUT2D eigenvalue weighted by atomic mass is 16.6. The van der Waals surface area contributed by atoms with Crippen LogP contribution in [-0.4, -0.2) is 37.2 Å². The Bertz CT molecular complexity index is 1430. The molecule has 0 spiro atoms. The molecule has 0 saturated heterocycles. The molecule has 0 saturated carbocycles. The fourth-order valence-electron chi connectivity index (χ4n) is 10.4. The summed E-state index contributed by atoms with van der Waals surface area (Å²) in [5.41, 5.74) is 0. The van der Waals surface area contributed by atoms with Gasteiger partial charge in [-0.15, -0.1) is 0 Å². The van der Waals surface area contributed by atoms with Gasteiger partial charge in [0.25, 0.3) is 0 Å². The van der Waals surface area contributed by atoms with Gasteiger partial charge in [0, 0.05) is 19.3 Å². The Morgan fingerprint density at radius 3 is 0.787 bits per heavy atom. The van der Waals surface area contributed by atoms with Crippen LogP contribution in [0.4, 0.5) is 0 Å². The van der Waals surface area contributed by atoms with Crippen LogP contribution in [-0.2, 0) is 28.6 Å². The van der Waals surface area contributed by atoms with Crippen molar-refractivity contribution in [1.82, 2.24) is 0 Å². The summed E-state index contributed by atoms with van der Waals surface area (Å²) in [4.78, 5) is 38.3.